The fourth-order valence-electron chi connectivity index (χ4n) is 4.39. The molecule has 2 saturated carbocycles. The fourth-order valence-corrected chi connectivity index (χ4v) is 4.39. The highest BCUT2D eigenvalue weighted by atomic mass is 16.1. The topological polar surface area (TPSA) is 96.7 Å². The summed E-state index contributed by atoms with van der Waals surface area (Å²) in [5.41, 5.74) is 11.8. The number of ketones is 1. The van der Waals surface area contributed by atoms with Crippen LogP contribution in [0.15, 0.2) is 30.6 Å². The van der Waals surface area contributed by atoms with E-state index in [1.807, 2.05) is 19.2 Å². The van der Waals surface area contributed by atoms with E-state index >= 15 is 0 Å². The first-order valence-corrected chi connectivity index (χ1v) is 10.6. The smallest absolute Gasteiger partial charge is 0.169 e. The number of aromatic amines is 1. The second-order valence-electron chi connectivity index (χ2n) is 8.56. The maximum atomic E-state index is 13.0. The molecule has 5 rings (SSSR count). The molecule has 2 fully saturated rings. The largest absolute Gasteiger partial charge is 0.381 e. The lowest BCUT2D eigenvalue weighted by Gasteiger charge is -2.29. The van der Waals surface area contributed by atoms with E-state index in [0.717, 1.165) is 77.5 Å². The maximum Gasteiger partial charge on any atom is 0.169 e. The molecule has 3 aromatic rings. The third-order valence-electron chi connectivity index (χ3n) is 6.34. The normalized spacial score (nSPS) is 22.0. The van der Waals surface area contributed by atoms with Gasteiger partial charge in [0.05, 0.1) is 22.5 Å². The zero-order valence-electron chi connectivity index (χ0n) is 16.7. The van der Waals surface area contributed by atoms with Crippen LogP contribution in [0, 0.1) is 12.8 Å². The second-order valence-corrected chi connectivity index (χ2v) is 8.56. The Morgan fingerprint density at radius 3 is 2.66 bits per heavy atom. The minimum atomic E-state index is 0.161. The minimum absolute atomic E-state index is 0.161. The van der Waals surface area contributed by atoms with Crippen molar-refractivity contribution in [3.63, 3.8) is 0 Å². The number of pyridine rings is 1. The van der Waals surface area contributed by atoms with E-state index in [-0.39, 0.29) is 11.7 Å². The monoisotopic (exact) mass is 389 g/mol. The van der Waals surface area contributed by atoms with Crippen LogP contribution >= 0.6 is 0 Å². The van der Waals surface area contributed by atoms with Crippen molar-refractivity contribution >= 4 is 22.4 Å². The van der Waals surface area contributed by atoms with Gasteiger partial charge in [-0.05, 0) is 63.1 Å². The highest BCUT2D eigenvalue weighted by molar-refractivity contribution is 6.10. The maximum absolute atomic E-state index is 13.0. The summed E-state index contributed by atoms with van der Waals surface area (Å²) in [6.07, 6.45) is 9.76. The van der Waals surface area contributed by atoms with Crippen molar-refractivity contribution < 1.29 is 4.79 Å². The first kappa shape index (κ1) is 18.3. The van der Waals surface area contributed by atoms with Crippen LogP contribution in [0.1, 0.15) is 54.6 Å². The van der Waals surface area contributed by atoms with Gasteiger partial charge in [-0.3, -0.25) is 14.9 Å². The molecule has 0 unspecified atom stereocenters. The number of hydrogen-bond acceptors (Lipinski definition) is 5. The summed E-state index contributed by atoms with van der Waals surface area (Å²) >= 11 is 0. The molecule has 150 valence electrons. The lowest BCUT2D eigenvalue weighted by Crippen LogP contribution is -2.33. The molecule has 29 heavy (non-hydrogen) atoms. The van der Waals surface area contributed by atoms with Crippen molar-refractivity contribution in [2.75, 3.05) is 5.32 Å². The van der Waals surface area contributed by atoms with Gasteiger partial charge in [0.15, 0.2) is 5.78 Å². The van der Waals surface area contributed by atoms with Crippen LogP contribution in [-0.2, 0) is 0 Å². The molecule has 0 aliphatic heterocycles. The quantitative estimate of drug-likeness (QED) is 0.568. The number of nitrogens with one attached hydrogen (secondary N) is 2. The number of rotatable bonds is 5. The summed E-state index contributed by atoms with van der Waals surface area (Å²) in [5, 5.41) is 11.9. The van der Waals surface area contributed by atoms with Gasteiger partial charge in [-0.1, -0.05) is 6.07 Å². The molecule has 6 nitrogen and oxygen atoms in total. The Kier molecular flexibility index (Phi) is 4.59. The molecule has 0 amide bonds. The van der Waals surface area contributed by atoms with E-state index in [1.54, 1.807) is 6.20 Å². The van der Waals surface area contributed by atoms with Gasteiger partial charge in [0, 0.05) is 41.3 Å². The molecule has 0 bridgehead atoms. The number of carbonyl (C=O) groups excluding carboxylic acids is 1. The number of fused-ring (bicyclic) bond motifs is 1. The van der Waals surface area contributed by atoms with E-state index in [2.05, 4.69) is 32.6 Å². The van der Waals surface area contributed by atoms with Crippen LogP contribution in [0.5, 0.6) is 0 Å². The first-order valence-electron chi connectivity index (χ1n) is 10.6. The first-order chi connectivity index (χ1) is 14.1. The van der Waals surface area contributed by atoms with E-state index < -0.39 is 0 Å². The van der Waals surface area contributed by atoms with Crippen LogP contribution in [-0.4, -0.2) is 33.0 Å². The van der Waals surface area contributed by atoms with E-state index in [4.69, 9.17) is 5.73 Å². The zero-order valence-corrected chi connectivity index (χ0v) is 16.7. The van der Waals surface area contributed by atoms with Gasteiger partial charge >= 0.3 is 0 Å². The Morgan fingerprint density at radius 2 is 1.97 bits per heavy atom. The summed E-state index contributed by atoms with van der Waals surface area (Å²) < 4.78 is 0. The predicted molar refractivity (Wildman–Crippen MR) is 115 cm³/mol. The van der Waals surface area contributed by atoms with Crippen molar-refractivity contribution in [3.05, 3.63) is 41.9 Å². The number of Topliss-reactive ketones (excluding diaryl/α,β-unsaturated/α-hetero) is 1. The number of carbonyl (C=O) groups is 1. The average molecular weight is 390 g/mol. The standard InChI is InChI=1S/C23H27N5O/c1-13-19(12-26-28-13)15-4-9-21-18(10-15)22(27-17-7-5-16(24)6-8-17)20(11-25-21)23(29)14-2-3-14/h4,9-12,14,16-17H,2-3,5-8,24H2,1H3,(H,25,27)(H,26,28). The number of benzene rings is 1. The van der Waals surface area contributed by atoms with Crippen LogP contribution in [0.25, 0.3) is 22.0 Å². The number of anilines is 1. The number of H-pyrrole nitrogens is 1. The predicted octanol–water partition coefficient (Wildman–Crippen LogP) is 4.21. The Bertz CT molecular complexity index is 1060. The molecule has 4 N–H and O–H groups in total. The minimum Gasteiger partial charge on any atom is -0.381 e. The average Bonchev–Trinajstić information content (AvgIpc) is 3.50. The summed E-state index contributed by atoms with van der Waals surface area (Å²) in [6.45, 7) is 1.99. The lowest BCUT2D eigenvalue weighted by molar-refractivity contribution is 0.0968. The number of aromatic nitrogens is 3. The van der Waals surface area contributed by atoms with Gasteiger partial charge < -0.3 is 11.1 Å². The molecule has 6 heteroatoms. The highest BCUT2D eigenvalue weighted by Crippen LogP contribution is 2.38. The number of aryl methyl sites for hydroxylation is 1. The Morgan fingerprint density at radius 1 is 1.17 bits per heavy atom. The summed E-state index contributed by atoms with van der Waals surface area (Å²) in [4.78, 5) is 17.6. The molecule has 2 aromatic heterocycles. The molecular formula is C23H27N5O. The van der Waals surface area contributed by atoms with Crippen LogP contribution in [0.3, 0.4) is 0 Å². The summed E-state index contributed by atoms with van der Waals surface area (Å²) in [7, 11) is 0. The third-order valence-corrected chi connectivity index (χ3v) is 6.34. The lowest BCUT2D eigenvalue weighted by atomic mass is 9.91. The fraction of sp³-hybridized carbons (Fsp3) is 0.435. The summed E-state index contributed by atoms with van der Waals surface area (Å²) in [5.74, 6) is 0.383. The molecule has 0 spiro atoms. The van der Waals surface area contributed by atoms with Gasteiger partial charge in [0.2, 0.25) is 0 Å². The molecule has 0 radical (unpaired) electrons. The molecular weight excluding hydrogens is 362 g/mol. The van der Waals surface area contributed by atoms with Crippen LogP contribution in [0.2, 0.25) is 0 Å². The molecule has 1 aromatic carbocycles. The SMILES string of the molecule is Cc1n[nH]cc1-c1ccc2ncc(C(=O)C3CC3)c(NC3CCC(N)CC3)c2c1. The third kappa shape index (κ3) is 3.53. The van der Waals surface area contributed by atoms with Crippen molar-refractivity contribution in [1.29, 1.82) is 0 Å². The summed E-state index contributed by atoms with van der Waals surface area (Å²) in [6, 6.07) is 6.88. The Balaban J connectivity index is 1.61. The van der Waals surface area contributed by atoms with Crippen molar-refractivity contribution in [2.45, 2.75) is 57.5 Å². The second kappa shape index (κ2) is 7.26. The van der Waals surface area contributed by atoms with Gasteiger partial charge in [0.1, 0.15) is 0 Å². The van der Waals surface area contributed by atoms with Crippen LogP contribution < -0.4 is 11.1 Å². The van der Waals surface area contributed by atoms with E-state index in [0.29, 0.717) is 12.1 Å². The number of nitrogens with two attached hydrogens (primary N) is 1. The van der Waals surface area contributed by atoms with Gasteiger partial charge in [-0.25, -0.2) is 0 Å². The highest BCUT2D eigenvalue weighted by Gasteiger charge is 2.33. The molecule has 0 saturated heterocycles. The van der Waals surface area contributed by atoms with Crippen molar-refractivity contribution in [2.24, 2.45) is 11.7 Å². The number of nitrogens with zero attached hydrogens (tertiary/aromatic N) is 2. The van der Waals surface area contributed by atoms with Crippen LogP contribution in [0.4, 0.5) is 5.69 Å². The number of hydrogen-bond donors (Lipinski definition) is 3. The van der Waals surface area contributed by atoms with Crippen molar-refractivity contribution in [1.82, 2.24) is 15.2 Å². The zero-order chi connectivity index (χ0) is 20.0. The molecule has 2 aliphatic rings. The Hall–Kier alpha value is -2.73. The van der Waals surface area contributed by atoms with E-state index in [9.17, 15) is 4.79 Å². The molecule has 2 heterocycles. The van der Waals surface area contributed by atoms with Gasteiger partial charge in [0.25, 0.3) is 0 Å². The van der Waals surface area contributed by atoms with Gasteiger partial charge in [-0.2, -0.15) is 5.10 Å². The van der Waals surface area contributed by atoms with Gasteiger partial charge in [-0.15, -0.1) is 0 Å². The molecule has 0 atom stereocenters. The van der Waals surface area contributed by atoms with Crippen molar-refractivity contribution in [3.8, 4) is 11.1 Å². The van der Waals surface area contributed by atoms with E-state index in [1.165, 1.54) is 0 Å². The molecule has 2 aliphatic carbocycles. The Labute approximate surface area is 170 Å².